The summed E-state index contributed by atoms with van der Waals surface area (Å²) in [6.45, 7) is 3.97. The smallest absolute Gasteiger partial charge is 0.224 e. The summed E-state index contributed by atoms with van der Waals surface area (Å²) in [6.07, 6.45) is 2.94. The van der Waals surface area contributed by atoms with E-state index in [2.05, 4.69) is 20.4 Å². The van der Waals surface area contributed by atoms with Crippen LogP contribution in [0.15, 0.2) is 36.4 Å². The van der Waals surface area contributed by atoms with Crippen molar-refractivity contribution in [3.63, 3.8) is 0 Å². The molecule has 0 aliphatic carbocycles. The van der Waals surface area contributed by atoms with E-state index in [1.54, 1.807) is 0 Å². The summed E-state index contributed by atoms with van der Waals surface area (Å²) < 4.78 is 0. The second kappa shape index (κ2) is 6.56. The minimum Gasteiger partial charge on any atom is -0.355 e. The zero-order chi connectivity index (χ0) is 15.4. The predicted molar refractivity (Wildman–Crippen MR) is 87.8 cm³/mol. The highest BCUT2D eigenvalue weighted by atomic mass is 16.1. The lowest BCUT2D eigenvalue weighted by Gasteiger charge is -2.15. The van der Waals surface area contributed by atoms with Crippen LogP contribution in [-0.4, -0.2) is 29.2 Å². The monoisotopic (exact) mass is 296 g/mol. The number of benzene rings is 1. The van der Waals surface area contributed by atoms with Gasteiger partial charge in [-0.15, -0.1) is 10.2 Å². The molecule has 1 aromatic heterocycles. The molecule has 0 radical (unpaired) electrons. The highest BCUT2D eigenvalue weighted by Gasteiger charge is 2.13. The third kappa shape index (κ3) is 3.24. The molecule has 0 unspecified atom stereocenters. The fourth-order valence-corrected chi connectivity index (χ4v) is 2.57. The van der Waals surface area contributed by atoms with E-state index < -0.39 is 0 Å². The van der Waals surface area contributed by atoms with Crippen LogP contribution in [0.3, 0.4) is 0 Å². The SMILES string of the molecule is CCC(=O)Nc1ccc(-c2ccc(N3CCCC3)nn2)cc1. The molecule has 5 nitrogen and oxygen atoms in total. The number of aromatic nitrogens is 2. The first kappa shape index (κ1) is 14.5. The number of hydrogen-bond donors (Lipinski definition) is 1. The van der Waals surface area contributed by atoms with Gasteiger partial charge in [0.05, 0.1) is 5.69 Å². The van der Waals surface area contributed by atoms with Gasteiger partial charge in [0.2, 0.25) is 5.91 Å². The van der Waals surface area contributed by atoms with Crippen LogP contribution in [0, 0.1) is 0 Å². The molecule has 1 aliphatic rings. The second-order valence-electron chi connectivity index (χ2n) is 5.45. The summed E-state index contributed by atoms with van der Waals surface area (Å²) in [7, 11) is 0. The third-order valence-corrected chi connectivity index (χ3v) is 3.87. The second-order valence-corrected chi connectivity index (χ2v) is 5.45. The Bertz CT molecular complexity index is 631. The molecule has 1 aliphatic heterocycles. The van der Waals surface area contributed by atoms with Gasteiger partial charge in [-0.2, -0.15) is 0 Å². The fourth-order valence-electron chi connectivity index (χ4n) is 2.57. The number of carbonyl (C=O) groups excluding carboxylic acids is 1. The lowest BCUT2D eigenvalue weighted by Crippen LogP contribution is -2.19. The van der Waals surface area contributed by atoms with E-state index >= 15 is 0 Å². The molecule has 1 amide bonds. The van der Waals surface area contributed by atoms with Gasteiger partial charge in [-0.25, -0.2) is 0 Å². The van der Waals surface area contributed by atoms with Crippen molar-refractivity contribution in [1.29, 1.82) is 0 Å². The summed E-state index contributed by atoms with van der Waals surface area (Å²) in [6, 6.07) is 11.7. The van der Waals surface area contributed by atoms with Gasteiger partial charge in [0.15, 0.2) is 5.82 Å². The third-order valence-electron chi connectivity index (χ3n) is 3.87. The lowest BCUT2D eigenvalue weighted by molar-refractivity contribution is -0.115. The molecule has 114 valence electrons. The normalized spacial score (nSPS) is 14.1. The molecule has 22 heavy (non-hydrogen) atoms. The van der Waals surface area contributed by atoms with Crippen LogP contribution >= 0.6 is 0 Å². The van der Waals surface area contributed by atoms with E-state index in [4.69, 9.17) is 0 Å². The number of hydrogen-bond acceptors (Lipinski definition) is 4. The van der Waals surface area contributed by atoms with E-state index in [1.165, 1.54) is 12.8 Å². The number of amides is 1. The van der Waals surface area contributed by atoms with Gasteiger partial charge in [-0.3, -0.25) is 4.79 Å². The summed E-state index contributed by atoms with van der Waals surface area (Å²) in [4.78, 5) is 13.6. The maximum atomic E-state index is 11.4. The number of rotatable bonds is 4. The number of nitrogens with one attached hydrogen (secondary N) is 1. The van der Waals surface area contributed by atoms with Gasteiger partial charge in [-0.05, 0) is 37.1 Å². The first-order valence-electron chi connectivity index (χ1n) is 7.75. The first-order chi connectivity index (χ1) is 10.8. The molecule has 0 atom stereocenters. The maximum Gasteiger partial charge on any atom is 0.224 e. The summed E-state index contributed by atoms with van der Waals surface area (Å²) in [5.41, 5.74) is 2.64. The van der Waals surface area contributed by atoms with Crippen molar-refractivity contribution in [1.82, 2.24) is 10.2 Å². The Labute approximate surface area is 130 Å². The number of carbonyl (C=O) groups is 1. The number of nitrogens with zero attached hydrogens (tertiary/aromatic N) is 3. The average molecular weight is 296 g/mol. The van der Waals surface area contributed by atoms with E-state index in [0.29, 0.717) is 6.42 Å². The standard InChI is InChI=1S/C17H20N4O/c1-2-17(22)18-14-7-5-13(6-8-14)15-9-10-16(20-19-15)21-11-3-4-12-21/h5-10H,2-4,11-12H2,1H3,(H,18,22). The molecular formula is C17H20N4O. The van der Waals surface area contributed by atoms with Gasteiger partial charge in [-0.1, -0.05) is 19.1 Å². The highest BCUT2D eigenvalue weighted by molar-refractivity contribution is 5.90. The molecule has 5 heteroatoms. The quantitative estimate of drug-likeness (QED) is 0.942. The fraction of sp³-hybridized carbons (Fsp3) is 0.353. The largest absolute Gasteiger partial charge is 0.355 e. The Kier molecular flexibility index (Phi) is 4.32. The molecule has 1 aromatic carbocycles. The minimum absolute atomic E-state index is 0.0162. The molecule has 1 N–H and O–H groups in total. The Hall–Kier alpha value is -2.43. The van der Waals surface area contributed by atoms with Crippen LogP contribution in [0.4, 0.5) is 11.5 Å². The van der Waals surface area contributed by atoms with Crippen molar-refractivity contribution >= 4 is 17.4 Å². The van der Waals surface area contributed by atoms with Crippen molar-refractivity contribution in [3.8, 4) is 11.3 Å². The van der Waals surface area contributed by atoms with E-state index in [-0.39, 0.29) is 5.91 Å². The average Bonchev–Trinajstić information content (AvgIpc) is 3.10. The molecule has 1 saturated heterocycles. The Morgan fingerprint density at radius 2 is 1.82 bits per heavy atom. The van der Waals surface area contributed by atoms with Crippen molar-refractivity contribution in [3.05, 3.63) is 36.4 Å². The summed E-state index contributed by atoms with van der Waals surface area (Å²) >= 11 is 0. The molecule has 0 saturated carbocycles. The van der Waals surface area contributed by atoms with E-state index in [1.807, 2.05) is 43.3 Å². The molecule has 0 spiro atoms. The van der Waals surface area contributed by atoms with Gasteiger partial charge < -0.3 is 10.2 Å². The van der Waals surface area contributed by atoms with Crippen LogP contribution in [0.1, 0.15) is 26.2 Å². The van der Waals surface area contributed by atoms with Crippen molar-refractivity contribution < 1.29 is 4.79 Å². The van der Waals surface area contributed by atoms with Crippen LogP contribution in [-0.2, 0) is 4.79 Å². The minimum atomic E-state index is 0.0162. The van der Waals surface area contributed by atoms with Gasteiger partial charge in [0.1, 0.15) is 0 Å². The first-order valence-corrected chi connectivity index (χ1v) is 7.75. The Morgan fingerprint density at radius 3 is 2.41 bits per heavy atom. The van der Waals surface area contributed by atoms with Crippen LogP contribution in [0.5, 0.6) is 0 Å². The molecule has 3 rings (SSSR count). The van der Waals surface area contributed by atoms with Gasteiger partial charge in [0.25, 0.3) is 0 Å². The Balaban J connectivity index is 1.72. The number of anilines is 2. The van der Waals surface area contributed by atoms with E-state index in [0.717, 1.165) is 35.9 Å². The van der Waals surface area contributed by atoms with Crippen molar-refractivity contribution in [2.24, 2.45) is 0 Å². The Morgan fingerprint density at radius 1 is 1.09 bits per heavy atom. The maximum absolute atomic E-state index is 11.4. The molecule has 2 aromatic rings. The summed E-state index contributed by atoms with van der Waals surface area (Å²) in [5.74, 6) is 0.968. The van der Waals surface area contributed by atoms with Crippen molar-refractivity contribution in [2.45, 2.75) is 26.2 Å². The van der Waals surface area contributed by atoms with Crippen LogP contribution in [0.25, 0.3) is 11.3 Å². The van der Waals surface area contributed by atoms with Crippen molar-refractivity contribution in [2.75, 3.05) is 23.3 Å². The zero-order valence-electron chi connectivity index (χ0n) is 12.7. The van der Waals surface area contributed by atoms with E-state index in [9.17, 15) is 4.79 Å². The molecule has 2 heterocycles. The van der Waals surface area contributed by atoms with Crippen LogP contribution in [0.2, 0.25) is 0 Å². The predicted octanol–water partition coefficient (Wildman–Crippen LogP) is 3.09. The zero-order valence-corrected chi connectivity index (χ0v) is 12.7. The molecular weight excluding hydrogens is 276 g/mol. The molecule has 1 fully saturated rings. The van der Waals surface area contributed by atoms with Gasteiger partial charge in [0, 0.05) is 30.8 Å². The highest BCUT2D eigenvalue weighted by Crippen LogP contribution is 2.22. The van der Waals surface area contributed by atoms with Crippen LogP contribution < -0.4 is 10.2 Å². The summed E-state index contributed by atoms with van der Waals surface area (Å²) in [5, 5.41) is 11.5. The lowest BCUT2D eigenvalue weighted by atomic mass is 10.1. The van der Waals surface area contributed by atoms with Gasteiger partial charge >= 0.3 is 0 Å². The molecule has 0 bridgehead atoms. The topological polar surface area (TPSA) is 58.1 Å².